The number of nitrogens with one attached hydrogen (secondary N) is 1. The van der Waals surface area contributed by atoms with Crippen molar-refractivity contribution < 1.29 is 23.1 Å². The molecule has 0 spiro atoms. The van der Waals surface area contributed by atoms with Crippen molar-refractivity contribution in [3.8, 4) is 11.5 Å². The number of furan rings is 1. The van der Waals surface area contributed by atoms with Crippen LogP contribution in [0.3, 0.4) is 0 Å². The molecule has 1 aromatic heterocycles. The Morgan fingerprint density at radius 3 is 2.50 bits per heavy atom. The number of urea groups is 1. The van der Waals surface area contributed by atoms with Gasteiger partial charge in [-0.3, -0.25) is 0 Å². The molecule has 146 valence electrons. The third-order valence-corrected chi connectivity index (χ3v) is 4.15. The highest BCUT2D eigenvalue weighted by molar-refractivity contribution is 5.89. The van der Waals surface area contributed by atoms with Crippen LogP contribution in [0.5, 0.6) is 11.5 Å². The Kier molecular flexibility index (Phi) is 6.16. The predicted molar refractivity (Wildman–Crippen MR) is 103 cm³/mol. The molecule has 0 aliphatic carbocycles. The molecule has 0 bridgehead atoms. The molecule has 3 aromatic rings. The Bertz CT molecular complexity index is 928. The number of hydrogen-bond acceptors (Lipinski definition) is 4. The van der Waals surface area contributed by atoms with Crippen molar-refractivity contribution in [1.29, 1.82) is 0 Å². The Balaban J connectivity index is 1.82. The number of ether oxygens (including phenoxy) is 2. The van der Waals surface area contributed by atoms with Gasteiger partial charge in [-0.15, -0.1) is 0 Å². The summed E-state index contributed by atoms with van der Waals surface area (Å²) < 4.78 is 29.9. The van der Waals surface area contributed by atoms with Crippen LogP contribution in [-0.2, 0) is 13.1 Å². The summed E-state index contributed by atoms with van der Waals surface area (Å²) in [6.07, 6.45) is 1.54. The Labute approximate surface area is 162 Å². The first kappa shape index (κ1) is 19.3. The SMILES string of the molecule is COc1ccc(CN(Cc2ccco2)C(=O)Nc2ccccc2F)cc1OC. The van der Waals surface area contributed by atoms with E-state index in [9.17, 15) is 9.18 Å². The van der Waals surface area contributed by atoms with Gasteiger partial charge < -0.3 is 24.1 Å². The van der Waals surface area contributed by atoms with E-state index in [1.54, 1.807) is 56.9 Å². The van der Waals surface area contributed by atoms with Crippen LogP contribution in [0.25, 0.3) is 0 Å². The second-order valence-corrected chi connectivity index (χ2v) is 6.03. The molecule has 0 radical (unpaired) electrons. The summed E-state index contributed by atoms with van der Waals surface area (Å²) in [5.74, 6) is 1.27. The number of amides is 2. The number of methoxy groups -OCH3 is 2. The van der Waals surface area contributed by atoms with Gasteiger partial charge in [0.1, 0.15) is 11.6 Å². The maximum absolute atomic E-state index is 13.9. The number of halogens is 1. The van der Waals surface area contributed by atoms with Gasteiger partial charge in [0.2, 0.25) is 0 Å². The van der Waals surface area contributed by atoms with Crippen LogP contribution in [0.4, 0.5) is 14.9 Å². The average molecular weight is 384 g/mol. The summed E-state index contributed by atoms with van der Waals surface area (Å²) in [7, 11) is 3.11. The molecule has 2 aromatic carbocycles. The summed E-state index contributed by atoms with van der Waals surface area (Å²) in [6.45, 7) is 0.489. The molecule has 0 atom stereocenters. The molecule has 2 amide bonds. The van der Waals surface area contributed by atoms with E-state index in [1.807, 2.05) is 6.07 Å². The summed E-state index contributed by atoms with van der Waals surface area (Å²) in [5, 5.41) is 2.61. The minimum absolute atomic E-state index is 0.115. The van der Waals surface area contributed by atoms with E-state index in [4.69, 9.17) is 13.9 Å². The zero-order valence-electron chi connectivity index (χ0n) is 15.6. The molecule has 3 rings (SSSR count). The van der Waals surface area contributed by atoms with Gasteiger partial charge in [0.05, 0.1) is 32.7 Å². The van der Waals surface area contributed by atoms with Crippen LogP contribution in [0, 0.1) is 5.82 Å². The zero-order chi connectivity index (χ0) is 19.9. The number of carbonyl (C=O) groups is 1. The Morgan fingerprint density at radius 2 is 1.82 bits per heavy atom. The first-order chi connectivity index (χ1) is 13.6. The predicted octanol–water partition coefficient (Wildman–Crippen LogP) is 4.67. The highest BCUT2D eigenvalue weighted by Gasteiger charge is 2.18. The summed E-state index contributed by atoms with van der Waals surface area (Å²) in [5.41, 5.74) is 0.942. The van der Waals surface area contributed by atoms with E-state index in [1.165, 1.54) is 17.0 Å². The molecule has 0 fully saturated rings. The zero-order valence-corrected chi connectivity index (χ0v) is 15.6. The van der Waals surface area contributed by atoms with Crippen molar-refractivity contribution in [1.82, 2.24) is 4.90 Å². The van der Waals surface area contributed by atoms with E-state index in [0.717, 1.165) is 5.56 Å². The molecule has 0 unspecified atom stereocenters. The lowest BCUT2D eigenvalue weighted by Crippen LogP contribution is -2.34. The molecule has 0 aliphatic rings. The fourth-order valence-corrected chi connectivity index (χ4v) is 2.75. The molecule has 6 nitrogen and oxygen atoms in total. The summed E-state index contributed by atoms with van der Waals surface area (Å²) in [4.78, 5) is 14.3. The standard InChI is InChI=1S/C21H21FN2O4/c1-26-19-10-9-15(12-20(19)27-2)13-24(14-16-6-5-11-28-16)21(25)23-18-8-4-3-7-17(18)22/h3-12H,13-14H2,1-2H3,(H,23,25). The maximum Gasteiger partial charge on any atom is 0.322 e. The first-order valence-electron chi connectivity index (χ1n) is 8.64. The van der Waals surface area contributed by atoms with Gasteiger partial charge in [-0.05, 0) is 42.0 Å². The minimum Gasteiger partial charge on any atom is -0.493 e. The monoisotopic (exact) mass is 384 g/mol. The topological polar surface area (TPSA) is 63.9 Å². The summed E-state index contributed by atoms with van der Waals surface area (Å²) >= 11 is 0. The van der Waals surface area contributed by atoms with E-state index in [2.05, 4.69) is 5.32 Å². The van der Waals surface area contributed by atoms with Crippen molar-refractivity contribution >= 4 is 11.7 Å². The fraction of sp³-hybridized carbons (Fsp3) is 0.190. The van der Waals surface area contributed by atoms with E-state index in [0.29, 0.717) is 17.3 Å². The van der Waals surface area contributed by atoms with Gasteiger partial charge in [-0.25, -0.2) is 9.18 Å². The second-order valence-electron chi connectivity index (χ2n) is 6.03. The highest BCUT2D eigenvalue weighted by Crippen LogP contribution is 2.28. The lowest BCUT2D eigenvalue weighted by molar-refractivity contribution is 0.201. The summed E-state index contributed by atoms with van der Waals surface area (Å²) in [6, 6.07) is 14.5. The number of para-hydroxylation sites is 1. The smallest absolute Gasteiger partial charge is 0.322 e. The molecule has 1 heterocycles. The van der Waals surface area contributed by atoms with Gasteiger partial charge in [-0.2, -0.15) is 0 Å². The maximum atomic E-state index is 13.9. The third-order valence-electron chi connectivity index (χ3n) is 4.15. The van der Waals surface area contributed by atoms with Gasteiger partial charge >= 0.3 is 6.03 Å². The van der Waals surface area contributed by atoms with Crippen molar-refractivity contribution in [2.24, 2.45) is 0 Å². The van der Waals surface area contributed by atoms with Gasteiger partial charge in [0.15, 0.2) is 11.5 Å². The van der Waals surface area contributed by atoms with E-state index >= 15 is 0 Å². The van der Waals surface area contributed by atoms with E-state index < -0.39 is 11.8 Å². The molecular weight excluding hydrogens is 363 g/mol. The van der Waals surface area contributed by atoms with Crippen molar-refractivity contribution in [3.63, 3.8) is 0 Å². The molecule has 0 aliphatic heterocycles. The number of hydrogen-bond donors (Lipinski definition) is 1. The van der Waals surface area contributed by atoms with E-state index in [-0.39, 0.29) is 18.8 Å². The van der Waals surface area contributed by atoms with Gasteiger partial charge in [-0.1, -0.05) is 18.2 Å². The van der Waals surface area contributed by atoms with Crippen LogP contribution in [0.15, 0.2) is 65.3 Å². The second kappa shape index (κ2) is 8.94. The molecule has 7 heteroatoms. The third kappa shape index (κ3) is 4.62. The number of anilines is 1. The quantitative estimate of drug-likeness (QED) is 0.643. The molecule has 0 saturated heterocycles. The van der Waals surface area contributed by atoms with Crippen LogP contribution >= 0.6 is 0 Å². The number of nitrogens with zero attached hydrogens (tertiary/aromatic N) is 1. The van der Waals surface area contributed by atoms with Crippen molar-refractivity contribution in [3.05, 3.63) is 78.0 Å². The van der Waals surface area contributed by atoms with Crippen LogP contribution < -0.4 is 14.8 Å². The van der Waals surface area contributed by atoms with Gasteiger partial charge in [0, 0.05) is 6.54 Å². The first-order valence-corrected chi connectivity index (χ1v) is 8.64. The fourth-order valence-electron chi connectivity index (χ4n) is 2.75. The number of benzene rings is 2. The lowest BCUT2D eigenvalue weighted by atomic mass is 10.2. The van der Waals surface area contributed by atoms with Crippen molar-refractivity contribution in [2.75, 3.05) is 19.5 Å². The largest absolute Gasteiger partial charge is 0.493 e. The van der Waals surface area contributed by atoms with Gasteiger partial charge in [0.25, 0.3) is 0 Å². The number of carbonyl (C=O) groups excluding carboxylic acids is 1. The van der Waals surface area contributed by atoms with Crippen molar-refractivity contribution in [2.45, 2.75) is 13.1 Å². The lowest BCUT2D eigenvalue weighted by Gasteiger charge is -2.23. The molecule has 0 saturated carbocycles. The van der Waals surface area contributed by atoms with Crippen LogP contribution in [0.1, 0.15) is 11.3 Å². The highest BCUT2D eigenvalue weighted by atomic mass is 19.1. The molecular formula is C21H21FN2O4. The van der Waals surface area contributed by atoms with Crippen LogP contribution in [-0.4, -0.2) is 25.2 Å². The molecule has 1 N–H and O–H groups in total. The Hall–Kier alpha value is -3.48. The normalized spacial score (nSPS) is 10.4. The van der Waals surface area contributed by atoms with Crippen LogP contribution in [0.2, 0.25) is 0 Å². The average Bonchev–Trinajstić information content (AvgIpc) is 3.22. The molecule has 28 heavy (non-hydrogen) atoms. The Morgan fingerprint density at radius 1 is 1.04 bits per heavy atom. The minimum atomic E-state index is -0.500. The number of rotatable bonds is 7.